The summed E-state index contributed by atoms with van der Waals surface area (Å²) >= 11 is 0. The molecule has 46 heavy (non-hydrogen) atoms. The summed E-state index contributed by atoms with van der Waals surface area (Å²) in [7, 11) is 1.20. The summed E-state index contributed by atoms with van der Waals surface area (Å²) in [6.07, 6.45) is -1.71. The molecule has 0 spiro atoms. The molecule has 3 aromatic carbocycles. The number of nitrogens with one attached hydrogen (secondary N) is 3. The lowest BCUT2D eigenvalue weighted by Gasteiger charge is -2.22. The Morgan fingerprint density at radius 2 is 1.39 bits per heavy atom. The molecule has 0 saturated heterocycles. The van der Waals surface area contributed by atoms with Gasteiger partial charge in [0, 0.05) is 18.9 Å². The number of esters is 1. The number of methoxy groups -OCH3 is 1. The number of carbonyl (C=O) groups is 5. The van der Waals surface area contributed by atoms with Gasteiger partial charge in [0.05, 0.1) is 7.11 Å². The molecule has 0 fully saturated rings. The minimum absolute atomic E-state index is 0.00371. The summed E-state index contributed by atoms with van der Waals surface area (Å²) in [6, 6.07) is 22.2. The number of hydrogen-bond donors (Lipinski definition) is 4. The quantitative estimate of drug-likeness (QED) is 0.109. The van der Waals surface area contributed by atoms with Gasteiger partial charge in [-0.15, -0.1) is 0 Å². The van der Waals surface area contributed by atoms with E-state index in [2.05, 4.69) is 20.7 Å². The SMILES string of the molecule is COC(=O)CC[C@H](NC(=O)OCC1c2ccccc2-c2ccccc21)C(=O)N[C@@H](CCCNC(=O)OCc1ccccc1)C(=O)O. The molecule has 4 N–H and O–H groups in total. The van der Waals surface area contributed by atoms with E-state index in [4.69, 9.17) is 9.47 Å². The van der Waals surface area contributed by atoms with Gasteiger partial charge in [0.15, 0.2) is 0 Å². The second kappa shape index (κ2) is 16.6. The summed E-state index contributed by atoms with van der Waals surface area (Å²) in [5.41, 5.74) is 4.96. The van der Waals surface area contributed by atoms with Gasteiger partial charge in [-0.1, -0.05) is 78.9 Å². The van der Waals surface area contributed by atoms with Crippen LogP contribution < -0.4 is 16.0 Å². The number of aliphatic carboxylic acids is 1. The highest BCUT2D eigenvalue weighted by Crippen LogP contribution is 2.44. The lowest BCUT2D eigenvalue weighted by Crippen LogP contribution is -2.52. The van der Waals surface area contributed by atoms with E-state index in [-0.39, 0.29) is 51.4 Å². The Morgan fingerprint density at radius 1 is 0.761 bits per heavy atom. The molecule has 12 heteroatoms. The number of carbonyl (C=O) groups excluding carboxylic acids is 4. The van der Waals surface area contributed by atoms with E-state index in [1.807, 2.05) is 78.9 Å². The maximum absolute atomic E-state index is 13.2. The molecule has 0 aliphatic heterocycles. The van der Waals surface area contributed by atoms with Gasteiger partial charge in [0.1, 0.15) is 25.3 Å². The fourth-order valence-electron chi connectivity index (χ4n) is 5.22. The lowest BCUT2D eigenvalue weighted by atomic mass is 9.98. The lowest BCUT2D eigenvalue weighted by molar-refractivity contribution is -0.143. The van der Waals surface area contributed by atoms with Crippen LogP contribution >= 0.6 is 0 Å². The molecule has 2 atom stereocenters. The van der Waals surface area contributed by atoms with E-state index in [0.29, 0.717) is 0 Å². The first-order valence-electron chi connectivity index (χ1n) is 14.9. The molecule has 1 aliphatic rings. The Hall–Kier alpha value is -5.39. The van der Waals surface area contributed by atoms with Gasteiger partial charge in [-0.05, 0) is 47.1 Å². The molecule has 0 saturated carbocycles. The summed E-state index contributed by atoms with van der Waals surface area (Å²) in [5.74, 6) is -2.92. The molecule has 242 valence electrons. The highest BCUT2D eigenvalue weighted by Gasteiger charge is 2.31. The highest BCUT2D eigenvalue weighted by atomic mass is 16.6. The van der Waals surface area contributed by atoms with Crippen LogP contribution in [0.15, 0.2) is 78.9 Å². The Bertz CT molecular complexity index is 1480. The van der Waals surface area contributed by atoms with Crippen molar-refractivity contribution in [1.82, 2.24) is 16.0 Å². The molecule has 1 aliphatic carbocycles. The first-order valence-corrected chi connectivity index (χ1v) is 14.9. The number of hydrogen-bond acceptors (Lipinski definition) is 8. The molecular weight excluding hydrogens is 594 g/mol. The van der Waals surface area contributed by atoms with Crippen LogP contribution in [-0.4, -0.2) is 67.5 Å². The fourth-order valence-corrected chi connectivity index (χ4v) is 5.22. The third-order valence-corrected chi connectivity index (χ3v) is 7.58. The maximum Gasteiger partial charge on any atom is 0.407 e. The molecule has 12 nitrogen and oxygen atoms in total. The molecular formula is C34H37N3O9. The first-order chi connectivity index (χ1) is 22.3. The number of alkyl carbamates (subject to hydrolysis) is 2. The summed E-state index contributed by atoms with van der Waals surface area (Å²) < 4.78 is 15.3. The van der Waals surface area contributed by atoms with Gasteiger partial charge in [-0.2, -0.15) is 0 Å². The zero-order chi connectivity index (χ0) is 32.9. The number of carboxylic acids is 1. The third-order valence-electron chi connectivity index (χ3n) is 7.58. The zero-order valence-electron chi connectivity index (χ0n) is 25.4. The van der Waals surface area contributed by atoms with Gasteiger partial charge < -0.3 is 35.3 Å². The van der Waals surface area contributed by atoms with E-state index in [1.165, 1.54) is 7.11 Å². The minimum atomic E-state index is -1.32. The van der Waals surface area contributed by atoms with Crippen LogP contribution in [0.2, 0.25) is 0 Å². The summed E-state index contributed by atoms with van der Waals surface area (Å²) in [4.78, 5) is 61.7. The Labute approximate surface area is 266 Å². The Morgan fingerprint density at radius 3 is 2.02 bits per heavy atom. The van der Waals surface area contributed by atoms with Gasteiger partial charge in [-0.25, -0.2) is 14.4 Å². The normalized spacial score (nSPS) is 12.9. The number of ether oxygens (including phenoxy) is 3. The number of amides is 3. The van der Waals surface area contributed by atoms with Crippen LogP contribution in [0, 0.1) is 0 Å². The van der Waals surface area contributed by atoms with Crippen molar-refractivity contribution >= 4 is 30.0 Å². The second-order valence-electron chi connectivity index (χ2n) is 10.7. The topological polar surface area (TPSA) is 169 Å². The van der Waals surface area contributed by atoms with Crippen molar-refractivity contribution in [1.29, 1.82) is 0 Å². The standard InChI is InChI=1S/C34H37N3O9/c1-44-30(38)18-17-28(37-34(43)46-21-27-25-14-7-5-12-23(25)24-13-6-8-15-26(24)27)31(39)36-29(32(40)41)16-9-19-35-33(42)45-20-22-10-3-2-4-11-22/h2-8,10-15,27-29H,9,16-21H2,1H3,(H,35,42)(H,36,39)(H,37,43)(H,40,41)/t28-,29-/m0/s1. The van der Waals surface area contributed by atoms with E-state index < -0.39 is 42.1 Å². The number of fused-ring (bicyclic) bond motifs is 3. The third kappa shape index (κ3) is 9.31. The Balaban J connectivity index is 1.29. The average molecular weight is 632 g/mol. The molecule has 3 aromatic rings. The average Bonchev–Trinajstić information content (AvgIpc) is 3.39. The van der Waals surface area contributed by atoms with Crippen LogP contribution in [0.5, 0.6) is 0 Å². The molecule has 4 rings (SSSR count). The second-order valence-corrected chi connectivity index (χ2v) is 10.7. The van der Waals surface area contributed by atoms with Crippen LogP contribution in [-0.2, 0) is 35.2 Å². The highest BCUT2D eigenvalue weighted by molar-refractivity contribution is 5.89. The van der Waals surface area contributed by atoms with Crippen molar-refractivity contribution in [2.75, 3.05) is 20.3 Å². The number of rotatable bonds is 15. The maximum atomic E-state index is 13.2. The molecule has 0 heterocycles. The smallest absolute Gasteiger partial charge is 0.407 e. The fraction of sp³-hybridized carbons (Fsp3) is 0.324. The van der Waals surface area contributed by atoms with Gasteiger partial charge in [0.25, 0.3) is 0 Å². The van der Waals surface area contributed by atoms with Crippen LogP contribution in [0.4, 0.5) is 9.59 Å². The molecule has 0 unspecified atom stereocenters. The predicted molar refractivity (Wildman–Crippen MR) is 167 cm³/mol. The Kier molecular flexibility index (Phi) is 12.1. The molecule has 0 radical (unpaired) electrons. The summed E-state index contributed by atoms with van der Waals surface area (Å²) in [5, 5.41) is 17.2. The number of carboxylic acid groups (broad SMARTS) is 1. The van der Waals surface area contributed by atoms with Crippen molar-refractivity contribution in [2.45, 2.75) is 50.3 Å². The van der Waals surface area contributed by atoms with Crippen molar-refractivity contribution in [3.05, 3.63) is 95.6 Å². The molecule has 3 amide bonds. The van der Waals surface area contributed by atoms with Crippen molar-refractivity contribution in [3.63, 3.8) is 0 Å². The van der Waals surface area contributed by atoms with Gasteiger partial charge >= 0.3 is 24.1 Å². The number of benzene rings is 3. The largest absolute Gasteiger partial charge is 0.480 e. The van der Waals surface area contributed by atoms with Crippen molar-refractivity contribution in [2.24, 2.45) is 0 Å². The molecule has 0 aromatic heterocycles. The van der Waals surface area contributed by atoms with Crippen LogP contribution in [0.3, 0.4) is 0 Å². The minimum Gasteiger partial charge on any atom is -0.480 e. The van der Waals surface area contributed by atoms with E-state index in [9.17, 15) is 29.1 Å². The van der Waals surface area contributed by atoms with E-state index in [0.717, 1.165) is 27.8 Å². The van der Waals surface area contributed by atoms with Crippen molar-refractivity contribution < 1.29 is 43.3 Å². The predicted octanol–water partition coefficient (Wildman–Crippen LogP) is 4.12. The summed E-state index contributed by atoms with van der Waals surface area (Å²) in [6.45, 7) is 0.199. The van der Waals surface area contributed by atoms with Crippen molar-refractivity contribution in [3.8, 4) is 11.1 Å². The van der Waals surface area contributed by atoms with E-state index in [1.54, 1.807) is 0 Å². The van der Waals surface area contributed by atoms with Crippen LogP contribution in [0.1, 0.15) is 48.3 Å². The van der Waals surface area contributed by atoms with E-state index >= 15 is 0 Å². The molecule has 0 bridgehead atoms. The van der Waals surface area contributed by atoms with Gasteiger partial charge in [-0.3, -0.25) is 9.59 Å². The van der Waals surface area contributed by atoms with Crippen LogP contribution in [0.25, 0.3) is 11.1 Å². The first kappa shape index (κ1) is 33.5. The zero-order valence-corrected chi connectivity index (χ0v) is 25.4. The van der Waals surface area contributed by atoms with Gasteiger partial charge in [0.2, 0.25) is 5.91 Å². The monoisotopic (exact) mass is 631 g/mol.